The highest BCUT2D eigenvalue weighted by Gasteiger charge is 2.31. The molecule has 3 aliphatic heterocycles. The third kappa shape index (κ3) is 7.43. The molecule has 0 N–H and O–H groups in total. The molecule has 0 saturated carbocycles. The first-order chi connectivity index (χ1) is 21.5. The number of hydrogen-bond acceptors (Lipinski definition) is 5. The van der Waals surface area contributed by atoms with E-state index in [2.05, 4.69) is 28.9 Å². The van der Waals surface area contributed by atoms with Gasteiger partial charge in [-0.05, 0) is 104 Å². The number of aryl methyl sites for hydroxylation is 1. The maximum Gasteiger partial charge on any atom is 0.256 e. The van der Waals surface area contributed by atoms with Gasteiger partial charge in [0.15, 0.2) is 0 Å². The average molecular weight is 599 g/mol. The number of hydrogen-bond donors (Lipinski definition) is 0. The number of carbonyl (C=O) groups is 1. The van der Waals surface area contributed by atoms with Crippen molar-refractivity contribution in [1.82, 2.24) is 9.80 Å². The predicted octanol–water partition coefficient (Wildman–Crippen LogP) is 7.93. The Bertz CT molecular complexity index is 1450. The first-order valence-electron chi connectivity index (χ1n) is 16.8. The van der Waals surface area contributed by atoms with Crippen molar-refractivity contribution < 1.29 is 13.9 Å². The highest BCUT2D eigenvalue weighted by atomic mass is 19.1. The number of amides is 1. The molecule has 2 saturated heterocycles. The highest BCUT2D eigenvalue weighted by molar-refractivity contribution is 6.06. The molecule has 0 spiro atoms. The SMILES string of the molecule is Cc1cc2cc3c(cc2cc1OCCCCCCCCCCN1CCN(c2ccc(F)cc2)CC1)N=C[C@@H]1CCCN1C3=O. The minimum absolute atomic E-state index is 0.106. The van der Waals surface area contributed by atoms with E-state index in [1.54, 1.807) is 12.1 Å². The Morgan fingerprint density at radius 2 is 1.55 bits per heavy atom. The number of benzene rings is 3. The van der Waals surface area contributed by atoms with Crippen LogP contribution in [0.1, 0.15) is 80.1 Å². The van der Waals surface area contributed by atoms with E-state index < -0.39 is 0 Å². The van der Waals surface area contributed by atoms with E-state index in [1.807, 2.05) is 35.4 Å². The van der Waals surface area contributed by atoms with Gasteiger partial charge < -0.3 is 14.5 Å². The van der Waals surface area contributed by atoms with Crippen LogP contribution in [-0.4, -0.2) is 73.8 Å². The van der Waals surface area contributed by atoms with Gasteiger partial charge in [0, 0.05) is 44.6 Å². The number of aliphatic imine (C=N–C) groups is 1. The van der Waals surface area contributed by atoms with Gasteiger partial charge in [0.2, 0.25) is 0 Å². The Labute approximate surface area is 261 Å². The van der Waals surface area contributed by atoms with Crippen LogP contribution >= 0.6 is 0 Å². The number of piperazine rings is 1. The molecule has 1 atom stereocenters. The number of carbonyl (C=O) groups excluding carboxylic acids is 1. The molecule has 6 rings (SSSR count). The molecule has 6 nitrogen and oxygen atoms in total. The second kappa shape index (κ2) is 14.6. The summed E-state index contributed by atoms with van der Waals surface area (Å²) in [5.74, 6) is 0.868. The molecular formula is C37H47FN4O2. The van der Waals surface area contributed by atoms with E-state index in [9.17, 15) is 9.18 Å². The van der Waals surface area contributed by atoms with Crippen LogP contribution in [0, 0.1) is 12.7 Å². The summed E-state index contributed by atoms with van der Waals surface area (Å²) in [6, 6.07) is 15.3. The third-order valence-electron chi connectivity index (χ3n) is 9.62. The van der Waals surface area contributed by atoms with Gasteiger partial charge in [0.1, 0.15) is 11.6 Å². The summed E-state index contributed by atoms with van der Waals surface area (Å²) in [5, 5.41) is 2.14. The van der Waals surface area contributed by atoms with Crippen LogP contribution < -0.4 is 9.64 Å². The molecule has 3 aromatic rings. The van der Waals surface area contributed by atoms with Crippen LogP contribution in [0.3, 0.4) is 0 Å². The maximum atomic E-state index is 13.2. The normalized spacial score (nSPS) is 18.5. The standard InChI is InChI=1S/C37H47FN4O2/c1-28-23-29-24-34-35(39-27-33-11-10-17-42(33)37(34)43)25-30(29)26-36(28)44-22-9-7-5-3-2-4-6-8-16-40-18-20-41(21-19-40)32-14-12-31(38)13-15-32/h12-15,23-27,33H,2-11,16-22H2,1H3/t33-/m0/s1. The van der Waals surface area contributed by atoms with Gasteiger partial charge >= 0.3 is 0 Å². The first-order valence-corrected chi connectivity index (χ1v) is 16.8. The molecule has 234 valence electrons. The van der Waals surface area contributed by atoms with Gasteiger partial charge in [-0.1, -0.05) is 38.5 Å². The monoisotopic (exact) mass is 598 g/mol. The molecule has 0 bridgehead atoms. The fraction of sp³-hybridized carbons (Fsp3) is 0.514. The van der Waals surface area contributed by atoms with Gasteiger partial charge in [-0.2, -0.15) is 0 Å². The summed E-state index contributed by atoms with van der Waals surface area (Å²) < 4.78 is 19.4. The van der Waals surface area contributed by atoms with Crippen molar-refractivity contribution in [1.29, 1.82) is 0 Å². The fourth-order valence-electron chi connectivity index (χ4n) is 6.95. The molecule has 1 amide bonds. The Morgan fingerprint density at radius 3 is 2.32 bits per heavy atom. The molecule has 44 heavy (non-hydrogen) atoms. The number of fused-ring (bicyclic) bond motifs is 3. The van der Waals surface area contributed by atoms with Crippen molar-refractivity contribution in [2.24, 2.45) is 4.99 Å². The third-order valence-corrected chi connectivity index (χ3v) is 9.62. The van der Waals surface area contributed by atoms with Crippen molar-refractivity contribution in [2.45, 2.75) is 77.2 Å². The first kappa shape index (κ1) is 30.6. The van der Waals surface area contributed by atoms with Crippen LogP contribution in [0.25, 0.3) is 10.8 Å². The largest absolute Gasteiger partial charge is 0.493 e. The molecule has 0 aromatic heterocycles. The Hall–Kier alpha value is -3.45. The van der Waals surface area contributed by atoms with E-state index in [0.29, 0.717) is 5.56 Å². The lowest BCUT2D eigenvalue weighted by atomic mass is 10.0. The summed E-state index contributed by atoms with van der Waals surface area (Å²) in [5.41, 5.74) is 3.72. The smallest absolute Gasteiger partial charge is 0.256 e. The molecule has 3 aromatic carbocycles. The summed E-state index contributed by atoms with van der Waals surface area (Å²) >= 11 is 0. The molecule has 2 fully saturated rings. The van der Waals surface area contributed by atoms with Crippen LogP contribution in [0.15, 0.2) is 53.5 Å². The van der Waals surface area contributed by atoms with Gasteiger partial charge in [-0.3, -0.25) is 14.7 Å². The minimum Gasteiger partial charge on any atom is -0.493 e. The number of halogens is 1. The maximum absolute atomic E-state index is 13.2. The topological polar surface area (TPSA) is 48.4 Å². The van der Waals surface area contributed by atoms with Crippen molar-refractivity contribution in [3.8, 4) is 5.75 Å². The number of ether oxygens (including phenoxy) is 1. The molecule has 3 heterocycles. The summed E-state index contributed by atoms with van der Waals surface area (Å²) in [7, 11) is 0. The lowest BCUT2D eigenvalue weighted by Gasteiger charge is -2.36. The molecule has 7 heteroatoms. The van der Waals surface area contributed by atoms with Crippen LogP contribution in [-0.2, 0) is 0 Å². The molecule has 0 radical (unpaired) electrons. The second-order valence-electron chi connectivity index (χ2n) is 12.8. The zero-order chi connectivity index (χ0) is 30.3. The van der Waals surface area contributed by atoms with E-state index in [0.717, 1.165) is 92.1 Å². The Balaban J connectivity index is 0.841. The van der Waals surface area contributed by atoms with E-state index in [-0.39, 0.29) is 17.8 Å². The number of rotatable bonds is 13. The minimum atomic E-state index is -0.167. The van der Waals surface area contributed by atoms with Crippen LogP contribution in [0.5, 0.6) is 5.75 Å². The summed E-state index contributed by atoms with van der Waals surface area (Å²) in [6.45, 7) is 9.06. The Morgan fingerprint density at radius 1 is 0.841 bits per heavy atom. The van der Waals surface area contributed by atoms with Crippen molar-refractivity contribution >= 4 is 34.3 Å². The van der Waals surface area contributed by atoms with Gasteiger partial charge in [-0.25, -0.2) is 4.39 Å². The number of nitrogens with zero attached hydrogens (tertiary/aromatic N) is 4. The lowest BCUT2D eigenvalue weighted by Crippen LogP contribution is -2.46. The lowest BCUT2D eigenvalue weighted by molar-refractivity contribution is 0.0775. The molecule has 0 aliphatic carbocycles. The van der Waals surface area contributed by atoms with Crippen LogP contribution in [0.2, 0.25) is 0 Å². The average Bonchev–Trinajstić information content (AvgIpc) is 3.47. The predicted molar refractivity (Wildman–Crippen MR) is 178 cm³/mol. The quantitative estimate of drug-likeness (QED) is 0.188. The van der Waals surface area contributed by atoms with Crippen LogP contribution in [0.4, 0.5) is 15.8 Å². The zero-order valence-corrected chi connectivity index (χ0v) is 26.3. The van der Waals surface area contributed by atoms with Gasteiger partial charge in [-0.15, -0.1) is 0 Å². The van der Waals surface area contributed by atoms with Crippen molar-refractivity contribution in [3.63, 3.8) is 0 Å². The number of anilines is 1. The van der Waals surface area contributed by atoms with Crippen molar-refractivity contribution in [3.05, 3.63) is 65.5 Å². The van der Waals surface area contributed by atoms with Crippen molar-refractivity contribution in [2.75, 3.05) is 50.8 Å². The van der Waals surface area contributed by atoms with Gasteiger partial charge in [0.25, 0.3) is 5.91 Å². The molecule has 3 aliphatic rings. The van der Waals surface area contributed by atoms with E-state index in [4.69, 9.17) is 9.73 Å². The number of unbranched alkanes of at least 4 members (excludes halogenated alkanes) is 7. The fourth-order valence-corrected chi connectivity index (χ4v) is 6.95. The Kier molecular flexibility index (Phi) is 10.1. The summed E-state index contributed by atoms with van der Waals surface area (Å²) in [4.78, 5) is 24.8. The second-order valence-corrected chi connectivity index (χ2v) is 12.8. The van der Waals surface area contributed by atoms with E-state index in [1.165, 1.54) is 51.5 Å². The van der Waals surface area contributed by atoms with E-state index >= 15 is 0 Å². The summed E-state index contributed by atoms with van der Waals surface area (Å²) in [6.07, 6.45) is 14.1. The van der Waals surface area contributed by atoms with Gasteiger partial charge in [0.05, 0.1) is 23.9 Å². The highest BCUT2D eigenvalue weighted by Crippen LogP contribution is 2.35. The molecule has 0 unspecified atom stereocenters. The molecular weight excluding hydrogens is 551 g/mol. The zero-order valence-electron chi connectivity index (χ0n) is 26.3.